The molecule has 0 unspecified atom stereocenters. The third kappa shape index (κ3) is 7.90. The summed E-state index contributed by atoms with van der Waals surface area (Å²) >= 11 is 0. The van der Waals surface area contributed by atoms with Crippen molar-refractivity contribution in [3.05, 3.63) is 182 Å². The Morgan fingerprint density at radius 1 is 0.208 bits per heavy atom. The van der Waals surface area contributed by atoms with Crippen molar-refractivity contribution in [3.63, 3.8) is 0 Å². The Morgan fingerprint density at radius 3 is 0.562 bits per heavy atom. The molecule has 6 aromatic carbocycles. The monoisotopic (exact) mass is 664 g/mol. The van der Waals surface area contributed by atoms with Crippen LogP contribution in [0, 0.1) is 0 Å². The molecule has 0 N–H and O–H groups in total. The van der Waals surface area contributed by atoms with Crippen molar-refractivity contribution >= 4 is 46.4 Å². The van der Waals surface area contributed by atoms with Gasteiger partial charge in [0.25, 0.3) is 0 Å². The van der Waals surface area contributed by atoms with Gasteiger partial charge in [0, 0.05) is 0 Å². The van der Waals surface area contributed by atoms with E-state index in [4.69, 9.17) is 0 Å². The van der Waals surface area contributed by atoms with Crippen LogP contribution in [0.2, 0.25) is 0 Å². The molecule has 0 nitrogen and oxygen atoms in total. The quantitative estimate of drug-likeness (QED) is 0.0673. The lowest BCUT2D eigenvalue weighted by Crippen LogP contribution is -2.33. The van der Waals surface area contributed by atoms with Crippen molar-refractivity contribution in [2.24, 2.45) is 0 Å². The molecular weight excluding hydrogens is 614 g/mol. The van der Waals surface area contributed by atoms with Gasteiger partial charge in [-0.05, 0) is 98.5 Å². The maximum atomic E-state index is 2.37. The summed E-state index contributed by atoms with van der Waals surface area (Å²) in [6.45, 7) is 0. The minimum Gasteiger partial charge on any atom is -0.0620 e. The van der Waals surface area contributed by atoms with Crippen LogP contribution in [0.5, 0.6) is 0 Å². The smallest absolute Gasteiger partial charge is 0.0620 e. The maximum absolute atomic E-state index is 2.37. The van der Waals surface area contributed by atoms with Crippen molar-refractivity contribution in [2.75, 3.05) is 12.3 Å². The van der Waals surface area contributed by atoms with Crippen LogP contribution in [0.15, 0.2) is 182 Å². The molecule has 6 aromatic rings. The number of hydrogen-bond donors (Lipinski definition) is 0. The van der Waals surface area contributed by atoms with E-state index in [1.165, 1.54) is 95.5 Å². The number of benzene rings is 6. The first kappa shape index (κ1) is 34.1. The van der Waals surface area contributed by atoms with Crippen molar-refractivity contribution < 1.29 is 0 Å². The summed E-state index contributed by atoms with van der Waals surface area (Å²) in [7, 11) is -3.43. The minimum absolute atomic E-state index is 1.23. The Kier molecular flexibility index (Phi) is 12.4. The average molecular weight is 665 g/mol. The molecule has 242 valence electrons. The van der Waals surface area contributed by atoms with Gasteiger partial charge in [0.15, 0.2) is 0 Å². The standard InChI is InChI=1S/C46H50P2/c1(3-5-25-39-47(41-27-13-7-14-28-41,42-29-15-8-16-30-42)43-31-17-9-18-32-43)2-4-6-26-40-48(44-33-19-10-20-34-44,45-35-21-11-22-36-45)46-37-23-12-24-38-46/h7-24,27-38H,1-6,25-26,39-40H2/q+2. The van der Waals surface area contributed by atoms with Gasteiger partial charge in [-0.25, -0.2) is 0 Å². The molecule has 6 rings (SSSR count). The molecule has 0 aliphatic carbocycles. The number of unbranched alkanes of at least 4 members (excludes halogenated alkanes) is 7. The topological polar surface area (TPSA) is 0 Å². The molecule has 0 amide bonds. The Morgan fingerprint density at radius 2 is 0.375 bits per heavy atom. The predicted molar refractivity (Wildman–Crippen MR) is 217 cm³/mol. The number of rotatable bonds is 17. The van der Waals surface area contributed by atoms with Gasteiger partial charge >= 0.3 is 0 Å². The minimum atomic E-state index is -1.71. The van der Waals surface area contributed by atoms with Crippen molar-refractivity contribution in [1.29, 1.82) is 0 Å². The summed E-state index contributed by atoms with van der Waals surface area (Å²) in [5, 5.41) is 9.02. The lowest BCUT2D eigenvalue weighted by molar-refractivity contribution is 0.587. The fourth-order valence-electron chi connectivity index (χ4n) is 7.52. The SMILES string of the molecule is c1ccc([P+](CCCCCCCCCC[P+](c2ccccc2)(c2ccccc2)c2ccccc2)(c2ccccc2)c2ccccc2)cc1. The number of hydrogen-bond acceptors (Lipinski definition) is 0. The first-order chi connectivity index (χ1) is 23.8. The van der Waals surface area contributed by atoms with Crippen LogP contribution in [0.1, 0.15) is 51.4 Å². The Labute approximate surface area is 291 Å². The lowest BCUT2D eigenvalue weighted by atomic mass is 10.1. The van der Waals surface area contributed by atoms with Crippen molar-refractivity contribution in [2.45, 2.75) is 51.4 Å². The van der Waals surface area contributed by atoms with Crippen LogP contribution in [-0.4, -0.2) is 12.3 Å². The molecule has 0 saturated carbocycles. The molecule has 0 fully saturated rings. The zero-order valence-electron chi connectivity index (χ0n) is 28.3. The van der Waals surface area contributed by atoms with E-state index in [1.807, 2.05) is 0 Å². The van der Waals surface area contributed by atoms with Gasteiger partial charge in [0.2, 0.25) is 0 Å². The highest BCUT2D eigenvalue weighted by Gasteiger charge is 2.45. The first-order valence-corrected chi connectivity index (χ1v) is 21.9. The van der Waals surface area contributed by atoms with Gasteiger partial charge in [-0.3, -0.25) is 0 Å². The summed E-state index contributed by atoms with van der Waals surface area (Å²) in [5.74, 6) is 0. The van der Waals surface area contributed by atoms with Crippen LogP contribution in [-0.2, 0) is 0 Å². The zero-order chi connectivity index (χ0) is 32.7. The van der Waals surface area contributed by atoms with Gasteiger partial charge in [0.1, 0.15) is 46.4 Å². The molecular formula is C46H50P2+2. The van der Waals surface area contributed by atoms with Crippen molar-refractivity contribution in [1.82, 2.24) is 0 Å². The van der Waals surface area contributed by atoms with E-state index in [0.29, 0.717) is 0 Å². The molecule has 0 aliphatic rings. The van der Waals surface area contributed by atoms with Gasteiger partial charge in [-0.1, -0.05) is 135 Å². The van der Waals surface area contributed by atoms with E-state index >= 15 is 0 Å². The van der Waals surface area contributed by atoms with E-state index in [-0.39, 0.29) is 0 Å². The molecule has 0 aliphatic heterocycles. The average Bonchev–Trinajstić information content (AvgIpc) is 3.18. The first-order valence-electron chi connectivity index (χ1n) is 17.9. The second-order valence-corrected chi connectivity index (χ2v) is 20.1. The van der Waals surface area contributed by atoms with Crippen LogP contribution < -0.4 is 31.8 Å². The fourth-order valence-corrected chi connectivity index (χ4v) is 16.3. The summed E-state index contributed by atoms with van der Waals surface area (Å²) in [5.41, 5.74) is 0. The Bertz CT molecular complexity index is 1410. The third-order valence-corrected chi connectivity index (χ3v) is 19.0. The zero-order valence-corrected chi connectivity index (χ0v) is 30.1. The van der Waals surface area contributed by atoms with E-state index in [1.54, 1.807) is 0 Å². The lowest BCUT2D eigenvalue weighted by Gasteiger charge is -2.28. The van der Waals surface area contributed by atoms with Gasteiger partial charge in [0.05, 0.1) is 12.3 Å². The third-order valence-electron chi connectivity index (χ3n) is 9.92. The van der Waals surface area contributed by atoms with E-state index in [0.717, 1.165) is 0 Å². The van der Waals surface area contributed by atoms with Gasteiger partial charge < -0.3 is 0 Å². The van der Waals surface area contributed by atoms with Crippen LogP contribution in [0.25, 0.3) is 0 Å². The molecule has 2 heteroatoms. The summed E-state index contributed by atoms with van der Waals surface area (Å²) in [4.78, 5) is 0. The van der Waals surface area contributed by atoms with Crippen molar-refractivity contribution in [3.8, 4) is 0 Å². The summed E-state index contributed by atoms with van der Waals surface area (Å²) in [6, 6.07) is 68.1. The van der Waals surface area contributed by atoms with Crippen LogP contribution in [0.4, 0.5) is 0 Å². The van der Waals surface area contributed by atoms with E-state index in [9.17, 15) is 0 Å². The normalized spacial score (nSPS) is 11.8. The molecule has 48 heavy (non-hydrogen) atoms. The van der Waals surface area contributed by atoms with E-state index < -0.39 is 14.5 Å². The van der Waals surface area contributed by atoms with E-state index in [2.05, 4.69) is 182 Å². The largest absolute Gasteiger partial charge is 0.112 e. The highest BCUT2D eigenvalue weighted by atomic mass is 31.2. The molecule has 0 atom stereocenters. The van der Waals surface area contributed by atoms with Gasteiger partial charge in [-0.15, -0.1) is 0 Å². The molecule has 0 radical (unpaired) electrons. The van der Waals surface area contributed by atoms with Crippen LogP contribution in [0.3, 0.4) is 0 Å². The predicted octanol–water partition coefficient (Wildman–Crippen LogP) is 10.1. The summed E-state index contributed by atoms with van der Waals surface area (Å²) < 4.78 is 0. The highest BCUT2D eigenvalue weighted by Crippen LogP contribution is 2.57. The van der Waals surface area contributed by atoms with Crippen LogP contribution >= 0.6 is 14.5 Å². The van der Waals surface area contributed by atoms with Gasteiger partial charge in [-0.2, -0.15) is 0 Å². The second-order valence-electron chi connectivity index (χ2n) is 12.9. The molecule has 0 spiro atoms. The highest BCUT2D eigenvalue weighted by molar-refractivity contribution is 7.96. The molecule has 0 bridgehead atoms. The Balaban J connectivity index is 1.05. The molecule has 0 aromatic heterocycles. The maximum Gasteiger partial charge on any atom is 0.112 e. The fraction of sp³-hybridized carbons (Fsp3) is 0.217. The summed E-state index contributed by atoms with van der Waals surface area (Å²) in [6.07, 6.45) is 12.9. The molecule has 0 saturated heterocycles. The Hall–Kier alpha value is -3.82. The molecule has 0 heterocycles. The second kappa shape index (κ2) is 17.5.